The van der Waals surface area contributed by atoms with Crippen LogP contribution in [0.2, 0.25) is 0 Å². The molecule has 0 atom stereocenters. The van der Waals surface area contributed by atoms with E-state index in [1.807, 2.05) is 6.07 Å². The van der Waals surface area contributed by atoms with Crippen LogP contribution in [-0.4, -0.2) is 13.1 Å². The van der Waals surface area contributed by atoms with Gasteiger partial charge in [-0.15, -0.1) is 0 Å². The summed E-state index contributed by atoms with van der Waals surface area (Å²) in [6.07, 6.45) is 2.32. The highest BCUT2D eigenvalue weighted by Crippen LogP contribution is 2.25. The van der Waals surface area contributed by atoms with Crippen molar-refractivity contribution in [2.24, 2.45) is 0 Å². The molecule has 3 heteroatoms. The third-order valence-corrected chi connectivity index (χ3v) is 2.99. The second kappa shape index (κ2) is 6.20. The fourth-order valence-electron chi connectivity index (χ4n) is 1.71. The van der Waals surface area contributed by atoms with Crippen molar-refractivity contribution in [1.29, 1.82) is 0 Å². The van der Waals surface area contributed by atoms with E-state index in [1.165, 1.54) is 9.26 Å². The van der Waals surface area contributed by atoms with Crippen molar-refractivity contribution in [3.05, 3.63) is 21.8 Å². The summed E-state index contributed by atoms with van der Waals surface area (Å²) in [5.74, 6) is 0. The van der Waals surface area contributed by atoms with Crippen LogP contribution in [0, 0.1) is 3.57 Å². The first-order chi connectivity index (χ1) is 7.19. The van der Waals surface area contributed by atoms with Crippen LogP contribution in [0.25, 0.3) is 0 Å². The number of nitrogens with zero attached hydrogens (tertiary/aromatic N) is 1. The van der Waals surface area contributed by atoms with Gasteiger partial charge in [0.2, 0.25) is 0 Å². The lowest BCUT2D eigenvalue weighted by molar-refractivity contribution is 0.746. The number of nitrogens with two attached hydrogens (primary N) is 1. The molecule has 1 rings (SSSR count). The van der Waals surface area contributed by atoms with Gasteiger partial charge in [0.05, 0.1) is 11.4 Å². The third-order valence-electron chi connectivity index (χ3n) is 2.32. The number of hydrogen-bond donors (Lipinski definition) is 1. The van der Waals surface area contributed by atoms with Crippen molar-refractivity contribution in [2.45, 2.75) is 26.7 Å². The van der Waals surface area contributed by atoms with E-state index in [4.69, 9.17) is 5.73 Å². The van der Waals surface area contributed by atoms with Crippen molar-refractivity contribution in [2.75, 3.05) is 23.7 Å². The van der Waals surface area contributed by atoms with Gasteiger partial charge in [-0.2, -0.15) is 0 Å². The fourth-order valence-corrected chi connectivity index (χ4v) is 2.22. The quantitative estimate of drug-likeness (QED) is 0.665. The maximum absolute atomic E-state index is 6.04. The first-order valence-corrected chi connectivity index (χ1v) is 6.56. The Balaban J connectivity index is 2.89. The van der Waals surface area contributed by atoms with Crippen molar-refractivity contribution in [1.82, 2.24) is 0 Å². The molecule has 0 unspecified atom stereocenters. The molecule has 1 aromatic rings. The molecular weight excluding hydrogens is 299 g/mol. The standard InChI is InChI=1S/C12H19IN2/c1-3-7-15(8-4-2)12-6-5-10(13)9-11(12)14/h5-6,9H,3-4,7-8,14H2,1-2H3. The van der Waals surface area contributed by atoms with E-state index in [0.717, 1.165) is 31.6 Å². The molecule has 2 nitrogen and oxygen atoms in total. The van der Waals surface area contributed by atoms with Crippen LogP contribution in [0.1, 0.15) is 26.7 Å². The van der Waals surface area contributed by atoms with E-state index in [1.54, 1.807) is 0 Å². The first-order valence-electron chi connectivity index (χ1n) is 5.49. The van der Waals surface area contributed by atoms with E-state index in [-0.39, 0.29) is 0 Å². The van der Waals surface area contributed by atoms with Gasteiger partial charge < -0.3 is 10.6 Å². The van der Waals surface area contributed by atoms with Gasteiger partial charge in [-0.25, -0.2) is 0 Å². The lowest BCUT2D eigenvalue weighted by Crippen LogP contribution is -2.25. The van der Waals surface area contributed by atoms with Crippen LogP contribution >= 0.6 is 22.6 Å². The molecular formula is C12H19IN2. The number of hydrogen-bond acceptors (Lipinski definition) is 2. The van der Waals surface area contributed by atoms with Crippen LogP contribution < -0.4 is 10.6 Å². The molecule has 0 saturated heterocycles. The predicted molar refractivity (Wildman–Crippen MR) is 76.4 cm³/mol. The Morgan fingerprint density at radius 1 is 1.20 bits per heavy atom. The second-order valence-electron chi connectivity index (χ2n) is 3.69. The van der Waals surface area contributed by atoms with Crippen molar-refractivity contribution < 1.29 is 0 Å². The average Bonchev–Trinajstić information content (AvgIpc) is 2.17. The van der Waals surface area contributed by atoms with E-state index in [0.29, 0.717) is 0 Å². The zero-order valence-corrected chi connectivity index (χ0v) is 11.6. The minimum absolute atomic E-state index is 0.892. The lowest BCUT2D eigenvalue weighted by Gasteiger charge is -2.25. The summed E-state index contributed by atoms with van der Waals surface area (Å²) in [6.45, 7) is 6.56. The molecule has 0 aromatic heterocycles. The Bertz CT molecular complexity index is 306. The summed E-state index contributed by atoms with van der Waals surface area (Å²) in [4.78, 5) is 2.37. The van der Waals surface area contributed by atoms with Crippen molar-refractivity contribution in [3.8, 4) is 0 Å². The third kappa shape index (κ3) is 3.55. The van der Waals surface area contributed by atoms with Crippen LogP contribution in [0.4, 0.5) is 11.4 Å². The molecule has 84 valence electrons. The maximum Gasteiger partial charge on any atom is 0.0600 e. The Morgan fingerprint density at radius 3 is 2.27 bits per heavy atom. The summed E-state index contributed by atoms with van der Waals surface area (Å²) in [7, 11) is 0. The minimum Gasteiger partial charge on any atom is -0.397 e. The monoisotopic (exact) mass is 318 g/mol. The Hall–Kier alpha value is -0.450. The molecule has 0 aliphatic rings. The number of rotatable bonds is 5. The van der Waals surface area contributed by atoms with Gasteiger partial charge in [0.15, 0.2) is 0 Å². The highest BCUT2D eigenvalue weighted by Gasteiger charge is 2.07. The summed E-state index contributed by atoms with van der Waals surface area (Å²) >= 11 is 2.29. The number of nitrogen functional groups attached to an aromatic ring is 1. The molecule has 0 amide bonds. The molecule has 0 saturated carbocycles. The zero-order chi connectivity index (χ0) is 11.3. The van der Waals surface area contributed by atoms with Gasteiger partial charge in [0.25, 0.3) is 0 Å². The fraction of sp³-hybridized carbons (Fsp3) is 0.500. The van der Waals surface area contributed by atoms with Crippen LogP contribution in [0.3, 0.4) is 0 Å². The Labute approximate surface area is 106 Å². The average molecular weight is 318 g/mol. The molecule has 0 aliphatic carbocycles. The summed E-state index contributed by atoms with van der Waals surface area (Å²) in [6, 6.07) is 6.28. The summed E-state index contributed by atoms with van der Waals surface area (Å²) in [5, 5.41) is 0. The molecule has 0 radical (unpaired) electrons. The lowest BCUT2D eigenvalue weighted by atomic mass is 10.2. The molecule has 0 heterocycles. The van der Waals surface area contributed by atoms with E-state index in [9.17, 15) is 0 Å². The molecule has 15 heavy (non-hydrogen) atoms. The van der Waals surface area contributed by atoms with Crippen LogP contribution in [0.15, 0.2) is 18.2 Å². The summed E-state index contributed by atoms with van der Waals surface area (Å²) in [5.41, 5.74) is 8.11. The van der Waals surface area contributed by atoms with Gasteiger partial charge in [-0.05, 0) is 53.6 Å². The first kappa shape index (κ1) is 12.6. The molecule has 0 fully saturated rings. The SMILES string of the molecule is CCCN(CCC)c1ccc(I)cc1N. The van der Waals surface area contributed by atoms with E-state index < -0.39 is 0 Å². The summed E-state index contributed by atoms with van der Waals surface area (Å²) < 4.78 is 1.20. The molecule has 0 spiro atoms. The van der Waals surface area contributed by atoms with Crippen LogP contribution in [-0.2, 0) is 0 Å². The highest BCUT2D eigenvalue weighted by atomic mass is 127. The van der Waals surface area contributed by atoms with Crippen molar-refractivity contribution in [3.63, 3.8) is 0 Å². The van der Waals surface area contributed by atoms with E-state index >= 15 is 0 Å². The molecule has 0 aliphatic heterocycles. The Morgan fingerprint density at radius 2 is 1.80 bits per heavy atom. The predicted octanol–water partition coefficient (Wildman–Crippen LogP) is 3.50. The molecule has 2 N–H and O–H groups in total. The smallest absolute Gasteiger partial charge is 0.0600 e. The minimum atomic E-state index is 0.892. The van der Waals surface area contributed by atoms with Gasteiger partial charge in [-0.1, -0.05) is 13.8 Å². The molecule has 0 bridgehead atoms. The Kier molecular flexibility index (Phi) is 5.22. The van der Waals surface area contributed by atoms with Gasteiger partial charge in [0.1, 0.15) is 0 Å². The highest BCUT2D eigenvalue weighted by molar-refractivity contribution is 14.1. The normalized spacial score (nSPS) is 10.3. The number of benzene rings is 1. The van der Waals surface area contributed by atoms with Gasteiger partial charge >= 0.3 is 0 Å². The topological polar surface area (TPSA) is 29.3 Å². The number of halogens is 1. The largest absolute Gasteiger partial charge is 0.397 e. The van der Waals surface area contributed by atoms with Gasteiger partial charge in [-0.3, -0.25) is 0 Å². The van der Waals surface area contributed by atoms with E-state index in [2.05, 4.69) is 53.5 Å². The molecule has 1 aromatic carbocycles. The van der Waals surface area contributed by atoms with Crippen molar-refractivity contribution >= 4 is 34.0 Å². The number of anilines is 2. The van der Waals surface area contributed by atoms with Crippen LogP contribution in [0.5, 0.6) is 0 Å². The van der Waals surface area contributed by atoms with Gasteiger partial charge in [0, 0.05) is 16.7 Å². The second-order valence-corrected chi connectivity index (χ2v) is 4.94. The zero-order valence-electron chi connectivity index (χ0n) is 9.46. The maximum atomic E-state index is 6.04.